The van der Waals surface area contributed by atoms with Gasteiger partial charge in [-0.15, -0.1) is 0 Å². The van der Waals surface area contributed by atoms with E-state index in [0.29, 0.717) is 25.3 Å². The largest absolute Gasteiger partial charge is 0.497 e. The quantitative estimate of drug-likeness (QED) is 0.550. The highest BCUT2D eigenvalue weighted by Gasteiger charge is 2.30. The molecule has 1 aliphatic heterocycles. The third-order valence-corrected chi connectivity index (χ3v) is 5.66. The van der Waals surface area contributed by atoms with Crippen molar-refractivity contribution < 1.29 is 14.3 Å². The Bertz CT molecular complexity index is 1090. The number of urea groups is 1. The SMILES string of the molecule is COc1ccc(CCC2CC(=O)N(c3ccnc(NC(=O)NCc4ccccn4)c3)C2)cc1. The highest BCUT2D eigenvalue weighted by atomic mass is 16.5. The summed E-state index contributed by atoms with van der Waals surface area (Å²) in [6, 6.07) is 16.7. The summed E-state index contributed by atoms with van der Waals surface area (Å²) in [5, 5.41) is 5.47. The van der Waals surface area contributed by atoms with Crippen LogP contribution in [0.2, 0.25) is 0 Å². The molecule has 0 radical (unpaired) electrons. The lowest BCUT2D eigenvalue weighted by Crippen LogP contribution is -2.29. The average molecular weight is 446 g/mol. The fourth-order valence-electron chi connectivity index (χ4n) is 3.88. The number of rotatable bonds is 8. The van der Waals surface area contributed by atoms with Gasteiger partial charge in [-0.2, -0.15) is 0 Å². The van der Waals surface area contributed by atoms with Gasteiger partial charge >= 0.3 is 6.03 Å². The molecule has 4 rings (SSSR count). The van der Waals surface area contributed by atoms with E-state index in [2.05, 4.69) is 32.7 Å². The van der Waals surface area contributed by atoms with Crippen LogP contribution in [0.25, 0.3) is 0 Å². The maximum atomic E-state index is 12.7. The van der Waals surface area contributed by atoms with E-state index >= 15 is 0 Å². The number of nitrogens with one attached hydrogen (secondary N) is 2. The Morgan fingerprint density at radius 1 is 1.12 bits per heavy atom. The Hall–Kier alpha value is -3.94. The van der Waals surface area contributed by atoms with Crippen molar-refractivity contribution in [3.63, 3.8) is 0 Å². The highest BCUT2D eigenvalue weighted by Crippen LogP contribution is 2.29. The lowest BCUT2D eigenvalue weighted by Gasteiger charge is -2.17. The summed E-state index contributed by atoms with van der Waals surface area (Å²) in [6.45, 7) is 0.969. The second kappa shape index (κ2) is 10.6. The maximum absolute atomic E-state index is 12.7. The van der Waals surface area contributed by atoms with Gasteiger partial charge in [0, 0.05) is 37.1 Å². The molecule has 170 valence electrons. The Kier molecular flexibility index (Phi) is 7.14. The monoisotopic (exact) mass is 445 g/mol. The Balaban J connectivity index is 1.30. The first kappa shape index (κ1) is 22.3. The number of carbonyl (C=O) groups is 2. The molecule has 1 unspecified atom stereocenters. The lowest BCUT2D eigenvalue weighted by atomic mass is 9.99. The maximum Gasteiger partial charge on any atom is 0.320 e. The van der Waals surface area contributed by atoms with Crippen LogP contribution < -0.4 is 20.3 Å². The first-order valence-corrected chi connectivity index (χ1v) is 10.9. The zero-order chi connectivity index (χ0) is 23.0. The molecule has 0 aliphatic carbocycles. The van der Waals surface area contributed by atoms with Gasteiger partial charge in [0.2, 0.25) is 5.91 Å². The summed E-state index contributed by atoms with van der Waals surface area (Å²) in [4.78, 5) is 35.0. The van der Waals surface area contributed by atoms with Crippen LogP contribution in [0.15, 0.2) is 67.0 Å². The van der Waals surface area contributed by atoms with Crippen molar-refractivity contribution in [2.24, 2.45) is 5.92 Å². The average Bonchev–Trinajstić information content (AvgIpc) is 3.23. The summed E-state index contributed by atoms with van der Waals surface area (Å²) >= 11 is 0. The summed E-state index contributed by atoms with van der Waals surface area (Å²) in [5.74, 6) is 1.60. The van der Waals surface area contributed by atoms with Crippen LogP contribution in [0.1, 0.15) is 24.1 Å². The molecule has 2 aromatic heterocycles. The Morgan fingerprint density at radius 3 is 2.73 bits per heavy atom. The fourth-order valence-corrected chi connectivity index (χ4v) is 3.88. The van der Waals surface area contributed by atoms with Gasteiger partial charge in [0.15, 0.2) is 0 Å². The number of benzene rings is 1. The lowest BCUT2D eigenvalue weighted by molar-refractivity contribution is -0.117. The van der Waals surface area contributed by atoms with E-state index in [4.69, 9.17) is 4.74 Å². The van der Waals surface area contributed by atoms with Gasteiger partial charge in [-0.25, -0.2) is 9.78 Å². The molecule has 0 spiro atoms. The van der Waals surface area contributed by atoms with Crippen LogP contribution in [0, 0.1) is 5.92 Å². The zero-order valence-corrected chi connectivity index (χ0v) is 18.5. The van der Waals surface area contributed by atoms with Gasteiger partial charge < -0.3 is 15.0 Å². The predicted octanol–water partition coefficient (Wildman–Crippen LogP) is 3.79. The van der Waals surface area contributed by atoms with Gasteiger partial charge in [0.05, 0.1) is 19.3 Å². The molecular formula is C25H27N5O3. The van der Waals surface area contributed by atoms with Gasteiger partial charge in [-0.3, -0.25) is 15.1 Å². The number of aryl methyl sites for hydroxylation is 1. The van der Waals surface area contributed by atoms with Crippen molar-refractivity contribution in [1.82, 2.24) is 15.3 Å². The number of ether oxygens (including phenoxy) is 1. The van der Waals surface area contributed by atoms with Gasteiger partial charge in [-0.1, -0.05) is 18.2 Å². The minimum absolute atomic E-state index is 0.0893. The first-order valence-electron chi connectivity index (χ1n) is 10.9. The second-order valence-corrected chi connectivity index (χ2v) is 7.99. The number of aromatic nitrogens is 2. The minimum atomic E-state index is -0.379. The molecule has 1 atom stereocenters. The summed E-state index contributed by atoms with van der Waals surface area (Å²) in [5.41, 5.74) is 2.73. The van der Waals surface area contributed by atoms with Crippen LogP contribution in [0.4, 0.5) is 16.3 Å². The smallest absolute Gasteiger partial charge is 0.320 e. The predicted molar refractivity (Wildman–Crippen MR) is 126 cm³/mol. The summed E-state index contributed by atoms with van der Waals surface area (Å²) < 4.78 is 5.20. The van der Waals surface area contributed by atoms with Crippen LogP contribution >= 0.6 is 0 Å². The summed E-state index contributed by atoms with van der Waals surface area (Å²) in [6.07, 6.45) is 5.64. The number of carbonyl (C=O) groups excluding carboxylic acids is 2. The molecule has 1 aliphatic rings. The van der Waals surface area contributed by atoms with Gasteiger partial charge in [0.1, 0.15) is 11.6 Å². The molecule has 33 heavy (non-hydrogen) atoms. The zero-order valence-electron chi connectivity index (χ0n) is 18.5. The molecular weight excluding hydrogens is 418 g/mol. The van der Waals surface area contributed by atoms with E-state index < -0.39 is 0 Å². The highest BCUT2D eigenvalue weighted by molar-refractivity contribution is 5.96. The number of hydrogen-bond acceptors (Lipinski definition) is 5. The van der Waals surface area contributed by atoms with E-state index in [-0.39, 0.29) is 17.9 Å². The standard InChI is InChI=1S/C25H27N5O3/c1-33-22-9-7-18(8-10-22)5-6-19-14-24(31)30(17-19)21-11-13-27-23(15-21)29-25(32)28-16-20-4-2-3-12-26-20/h2-4,7-13,15,19H,5-6,14,16-17H2,1H3,(H2,27,28,29,32). The number of methoxy groups -OCH3 is 1. The van der Waals surface area contributed by atoms with Crippen molar-refractivity contribution in [1.29, 1.82) is 0 Å². The van der Waals surface area contributed by atoms with E-state index in [0.717, 1.165) is 30.0 Å². The Labute approximate surface area is 193 Å². The van der Waals surface area contributed by atoms with Crippen molar-refractivity contribution in [2.45, 2.75) is 25.8 Å². The fraction of sp³-hybridized carbons (Fsp3) is 0.280. The van der Waals surface area contributed by atoms with E-state index in [1.165, 1.54) is 5.56 Å². The van der Waals surface area contributed by atoms with E-state index in [1.54, 1.807) is 36.5 Å². The van der Waals surface area contributed by atoms with E-state index in [1.807, 2.05) is 30.3 Å². The second-order valence-electron chi connectivity index (χ2n) is 7.99. The molecule has 3 aromatic rings. The molecule has 8 heteroatoms. The molecule has 0 bridgehead atoms. The van der Waals surface area contributed by atoms with Crippen molar-refractivity contribution in [3.8, 4) is 5.75 Å². The number of nitrogens with zero attached hydrogens (tertiary/aromatic N) is 3. The number of amides is 3. The van der Waals surface area contributed by atoms with Gasteiger partial charge in [-0.05, 0) is 54.7 Å². The van der Waals surface area contributed by atoms with Crippen molar-refractivity contribution >= 4 is 23.4 Å². The van der Waals surface area contributed by atoms with Crippen molar-refractivity contribution in [3.05, 3.63) is 78.2 Å². The van der Waals surface area contributed by atoms with Gasteiger partial charge in [0.25, 0.3) is 0 Å². The molecule has 3 amide bonds. The number of pyridine rings is 2. The third-order valence-electron chi connectivity index (χ3n) is 5.66. The topological polar surface area (TPSA) is 96.5 Å². The van der Waals surface area contributed by atoms with Crippen LogP contribution in [0.3, 0.4) is 0 Å². The molecule has 2 N–H and O–H groups in total. The molecule has 1 fully saturated rings. The first-order chi connectivity index (χ1) is 16.1. The number of hydrogen-bond donors (Lipinski definition) is 2. The Morgan fingerprint density at radius 2 is 1.97 bits per heavy atom. The minimum Gasteiger partial charge on any atom is -0.497 e. The van der Waals surface area contributed by atoms with Crippen LogP contribution in [0.5, 0.6) is 5.75 Å². The normalized spacial score (nSPS) is 15.4. The molecule has 1 saturated heterocycles. The summed E-state index contributed by atoms with van der Waals surface area (Å²) in [7, 11) is 1.66. The van der Waals surface area contributed by atoms with E-state index in [9.17, 15) is 9.59 Å². The van der Waals surface area contributed by atoms with Crippen LogP contribution in [-0.4, -0.2) is 35.6 Å². The third kappa shape index (κ3) is 6.06. The van der Waals surface area contributed by atoms with Crippen molar-refractivity contribution in [2.75, 3.05) is 23.9 Å². The number of anilines is 2. The van der Waals surface area contributed by atoms with Crippen LogP contribution in [-0.2, 0) is 17.8 Å². The molecule has 1 aromatic carbocycles. The molecule has 3 heterocycles. The molecule has 8 nitrogen and oxygen atoms in total. The molecule has 0 saturated carbocycles.